The largest absolute Gasteiger partial charge is 0.368 e. The van der Waals surface area contributed by atoms with E-state index in [9.17, 15) is 14.7 Å². The Labute approximate surface area is 194 Å². The van der Waals surface area contributed by atoms with Gasteiger partial charge in [-0.1, -0.05) is 31.9 Å². The van der Waals surface area contributed by atoms with Gasteiger partial charge in [0.25, 0.3) is 5.91 Å². The van der Waals surface area contributed by atoms with E-state index in [-0.39, 0.29) is 17.7 Å². The third-order valence-corrected chi connectivity index (χ3v) is 7.20. The van der Waals surface area contributed by atoms with Gasteiger partial charge in [0.05, 0.1) is 18.2 Å². The molecule has 3 atom stereocenters. The van der Waals surface area contributed by atoms with Crippen LogP contribution in [-0.2, 0) is 16.6 Å². The number of aliphatic hydroxyl groups is 1. The highest BCUT2D eigenvalue weighted by molar-refractivity contribution is 5.96. The number of carbonyl (C=O) groups excluding carboxylic acids is 2. The summed E-state index contributed by atoms with van der Waals surface area (Å²) in [5.41, 5.74) is 8.23. The number of hydrogen-bond donors (Lipinski definition) is 3. The molecule has 4 N–H and O–H groups in total. The average molecular weight is 455 g/mol. The quantitative estimate of drug-likeness (QED) is 0.619. The average Bonchev–Trinajstić information content (AvgIpc) is 3.17. The van der Waals surface area contributed by atoms with Crippen LogP contribution in [0, 0.1) is 11.8 Å². The van der Waals surface area contributed by atoms with Crippen molar-refractivity contribution in [3.05, 3.63) is 47.3 Å². The number of nitrogens with two attached hydrogens (primary N) is 1. The zero-order valence-electron chi connectivity index (χ0n) is 19.4. The summed E-state index contributed by atoms with van der Waals surface area (Å²) in [5, 5.41) is 17.3. The number of benzene rings is 1. The minimum absolute atomic E-state index is 0.113. The molecule has 0 spiro atoms. The van der Waals surface area contributed by atoms with Gasteiger partial charge in [-0.3, -0.25) is 14.3 Å². The van der Waals surface area contributed by atoms with Crippen LogP contribution in [0.15, 0.2) is 30.3 Å². The molecule has 33 heavy (non-hydrogen) atoms. The summed E-state index contributed by atoms with van der Waals surface area (Å²) >= 11 is 0. The number of amides is 2. The zero-order valence-corrected chi connectivity index (χ0v) is 19.4. The van der Waals surface area contributed by atoms with E-state index in [1.807, 2.05) is 24.3 Å². The molecule has 2 amide bonds. The Morgan fingerprint density at radius 3 is 2.48 bits per heavy atom. The molecule has 0 radical (unpaired) electrons. The summed E-state index contributed by atoms with van der Waals surface area (Å²) in [4.78, 5) is 25.2. The van der Waals surface area contributed by atoms with E-state index in [4.69, 9.17) is 10.5 Å². The van der Waals surface area contributed by atoms with Crippen molar-refractivity contribution < 1.29 is 19.4 Å². The molecular formula is C25H34N4O4. The number of nitrogens with zero attached hydrogens (tertiary/aromatic N) is 2. The number of aromatic nitrogens is 2. The maximum absolute atomic E-state index is 13.5. The minimum atomic E-state index is -0.717. The number of rotatable bonds is 6. The Balaban J connectivity index is 1.52. The molecule has 1 aromatic heterocycles. The van der Waals surface area contributed by atoms with Crippen LogP contribution < -0.4 is 11.1 Å². The van der Waals surface area contributed by atoms with E-state index in [0.717, 1.165) is 43.4 Å². The number of carbonyl (C=O) groups is 2. The summed E-state index contributed by atoms with van der Waals surface area (Å²) in [6.45, 7) is 2.79. The maximum Gasteiger partial charge on any atom is 0.266 e. The third kappa shape index (κ3) is 5.45. The number of aliphatic hydroxyl groups excluding tert-OH is 1. The van der Waals surface area contributed by atoms with Crippen LogP contribution >= 0.6 is 0 Å². The molecule has 0 bridgehead atoms. The Bertz CT molecular complexity index is 979. The van der Waals surface area contributed by atoms with E-state index in [2.05, 4.69) is 17.3 Å². The standard InChI is InChI=1S/C25H34N4O4/c1-15-3-5-17(6-4-15)23(20-14-21(24(26)31)29(2)28-20)25(32)27-19-9-7-16(8-10-19)18-11-12-33-22(30)13-18/h7-10,14-15,17-18,22-23,30H,3-6,11-13H2,1-2H3,(H2,26,31)(H,27,32). The van der Waals surface area contributed by atoms with E-state index in [0.29, 0.717) is 30.3 Å². The van der Waals surface area contributed by atoms with Gasteiger partial charge in [-0.05, 0) is 60.8 Å². The minimum Gasteiger partial charge on any atom is -0.368 e. The van der Waals surface area contributed by atoms with Crippen LogP contribution in [0.3, 0.4) is 0 Å². The Hall–Kier alpha value is -2.71. The van der Waals surface area contributed by atoms with Crippen LogP contribution in [0.4, 0.5) is 5.69 Å². The van der Waals surface area contributed by atoms with Gasteiger partial charge >= 0.3 is 0 Å². The van der Waals surface area contributed by atoms with Crippen molar-refractivity contribution in [3.8, 4) is 0 Å². The second-order valence-corrected chi connectivity index (χ2v) is 9.60. The topological polar surface area (TPSA) is 119 Å². The molecule has 1 saturated carbocycles. The smallest absolute Gasteiger partial charge is 0.266 e. The van der Waals surface area contributed by atoms with Crippen LogP contribution in [0.5, 0.6) is 0 Å². The lowest BCUT2D eigenvalue weighted by molar-refractivity contribution is -0.129. The molecule has 3 unspecified atom stereocenters. The molecule has 178 valence electrons. The van der Waals surface area contributed by atoms with Gasteiger partial charge in [-0.15, -0.1) is 0 Å². The summed E-state index contributed by atoms with van der Waals surface area (Å²) in [6.07, 6.45) is 4.79. The van der Waals surface area contributed by atoms with Crippen molar-refractivity contribution in [2.45, 2.75) is 63.6 Å². The Morgan fingerprint density at radius 1 is 1.18 bits per heavy atom. The highest BCUT2D eigenvalue weighted by atomic mass is 16.6. The molecule has 1 aliphatic carbocycles. The van der Waals surface area contributed by atoms with Crippen molar-refractivity contribution in [3.63, 3.8) is 0 Å². The summed E-state index contributed by atoms with van der Waals surface area (Å²) in [7, 11) is 1.67. The molecule has 1 aliphatic heterocycles. The molecule has 2 aromatic rings. The Kier molecular flexibility index (Phi) is 7.14. The van der Waals surface area contributed by atoms with Gasteiger partial charge in [-0.2, -0.15) is 5.10 Å². The number of primary amides is 1. The summed E-state index contributed by atoms with van der Waals surface area (Å²) in [5.74, 6) is -0.0382. The fourth-order valence-electron chi connectivity index (χ4n) is 5.22. The van der Waals surface area contributed by atoms with E-state index < -0.39 is 18.1 Å². The van der Waals surface area contributed by atoms with Crippen LogP contribution in [-0.4, -0.2) is 39.6 Å². The van der Waals surface area contributed by atoms with Crippen molar-refractivity contribution in [1.29, 1.82) is 0 Å². The lowest BCUT2D eigenvalue weighted by atomic mass is 9.75. The van der Waals surface area contributed by atoms with Crippen LogP contribution in [0.2, 0.25) is 0 Å². The van der Waals surface area contributed by atoms with E-state index in [1.54, 1.807) is 13.1 Å². The van der Waals surface area contributed by atoms with Crippen LogP contribution in [0.25, 0.3) is 0 Å². The summed E-state index contributed by atoms with van der Waals surface area (Å²) in [6, 6.07) is 9.47. The molecule has 1 saturated heterocycles. The molecular weight excluding hydrogens is 420 g/mol. The first-order chi connectivity index (χ1) is 15.8. The number of nitrogens with one attached hydrogen (secondary N) is 1. The monoisotopic (exact) mass is 454 g/mol. The molecule has 2 fully saturated rings. The zero-order chi connectivity index (χ0) is 23.5. The highest BCUT2D eigenvalue weighted by Gasteiger charge is 2.35. The first-order valence-electron chi connectivity index (χ1n) is 11.9. The summed E-state index contributed by atoms with van der Waals surface area (Å²) < 4.78 is 6.68. The van der Waals surface area contributed by atoms with Gasteiger partial charge in [0.2, 0.25) is 5.91 Å². The van der Waals surface area contributed by atoms with Gasteiger partial charge in [0.15, 0.2) is 6.29 Å². The number of anilines is 1. The van der Waals surface area contributed by atoms with Crippen molar-refractivity contribution >= 4 is 17.5 Å². The molecule has 4 rings (SSSR count). The lowest BCUT2D eigenvalue weighted by Gasteiger charge is -2.31. The fraction of sp³-hybridized carbons (Fsp3) is 0.560. The van der Waals surface area contributed by atoms with Crippen molar-refractivity contribution in [2.75, 3.05) is 11.9 Å². The molecule has 2 heterocycles. The normalized spacial score (nSPS) is 26.5. The highest BCUT2D eigenvalue weighted by Crippen LogP contribution is 2.39. The number of hydrogen-bond acceptors (Lipinski definition) is 5. The van der Waals surface area contributed by atoms with Gasteiger partial charge in [-0.25, -0.2) is 0 Å². The van der Waals surface area contributed by atoms with Crippen molar-refractivity contribution in [2.24, 2.45) is 24.6 Å². The lowest BCUT2D eigenvalue weighted by Crippen LogP contribution is -2.30. The van der Waals surface area contributed by atoms with Gasteiger partial charge in [0.1, 0.15) is 5.69 Å². The van der Waals surface area contributed by atoms with E-state index in [1.165, 1.54) is 4.68 Å². The second kappa shape index (κ2) is 10.1. The molecule has 8 nitrogen and oxygen atoms in total. The first-order valence-corrected chi connectivity index (χ1v) is 11.9. The molecule has 2 aliphatic rings. The fourth-order valence-corrected chi connectivity index (χ4v) is 5.22. The number of aryl methyl sites for hydroxylation is 1. The molecule has 8 heteroatoms. The van der Waals surface area contributed by atoms with Crippen molar-refractivity contribution in [1.82, 2.24) is 9.78 Å². The second-order valence-electron chi connectivity index (χ2n) is 9.60. The van der Waals surface area contributed by atoms with Crippen LogP contribution in [0.1, 0.15) is 79.0 Å². The molecule has 1 aromatic carbocycles. The van der Waals surface area contributed by atoms with Gasteiger partial charge in [0, 0.05) is 19.2 Å². The maximum atomic E-state index is 13.5. The predicted octanol–water partition coefficient (Wildman–Crippen LogP) is 3.28. The van der Waals surface area contributed by atoms with E-state index >= 15 is 0 Å². The third-order valence-electron chi connectivity index (χ3n) is 7.20. The van der Waals surface area contributed by atoms with Gasteiger partial charge < -0.3 is 20.9 Å². The SMILES string of the molecule is CC1CCC(C(C(=O)Nc2ccc(C3CCOC(O)C3)cc2)c2cc(C(N)=O)n(C)n2)CC1. The predicted molar refractivity (Wildman–Crippen MR) is 125 cm³/mol. The Morgan fingerprint density at radius 2 is 1.88 bits per heavy atom. The number of ether oxygens (including phenoxy) is 1. The first kappa shape index (κ1) is 23.4.